The molecule has 19 heavy (non-hydrogen) atoms. The molecule has 1 unspecified atom stereocenters. The van der Waals surface area contributed by atoms with Crippen molar-refractivity contribution in [2.45, 2.75) is 25.9 Å². The van der Waals surface area contributed by atoms with Gasteiger partial charge >= 0.3 is 0 Å². The van der Waals surface area contributed by atoms with Gasteiger partial charge in [-0.1, -0.05) is 40.9 Å². The number of benzene rings is 1. The molecule has 1 heterocycles. The average Bonchev–Trinajstić information content (AvgIpc) is 2.87. The smallest absolute Gasteiger partial charge is 0.0652 e. The van der Waals surface area contributed by atoms with Gasteiger partial charge in [0.25, 0.3) is 0 Å². The van der Waals surface area contributed by atoms with Gasteiger partial charge in [0.2, 0.25) is 0 Å². The molecule has 1 N–H and O–H groups in total. The summed E-state index contributed by atoms with van der Waals surface area (Å²) < 4.78 is 0. The van der Waals surface area contributed by atoms with Crippen molar-refractivity contribution in [2.24, 2.45) is 0 Å². The first-order chi connectivity index (χ1) is 9.08. The third-order valence-corrected chi connectivity index (χ3v) is 4.95. The van der Waals surface area contributed by atoms with Crippen LogP contribution in [0.5, 0.6) is 0 Å². The van der Waals surface area contributed by atoms with E-state index in [4.69, 9.17) is 34.8 Å². The summed E-state index contributed by atoms with van der Waals surface area (Å²) in [5.74, 6) is 0. The van der Waals surface area contributed by atoms with Gasteiger partial charge in [0.05, 0.1) is 10.0 Å². The van der Waals surface area contributed by atoms with Gasteiger partial charge in [-0.25, -0.2) is 0 Å². The Morgan fingerprint density at radius 2 is 1.89 bits per heavy atom. The predicted octanol–water partition coefficient (Wildman–Crippen LogP) is 5.43. The first-order valence-electron chi connectivity index (χ1n) is 5.96. The van der Waals surface area contributed by atoms with Gasteiger partial charge in [-0.05, 0) is 36.9 Å². The minimum atomic E-state index is 0.352. The molecule has 1 aromatic heterocycles. The summed E-state index contributed by atoms with van der Waals surface area (Å²) in [5.41, 5.74) is 0.855. The van der Waals surface area contributed by atoms with Gasteiger partial charge in [0.1, 0.15) is 0 Å². The summed E-state index contributed by atoms with van der Waals surface area (Å²) in [6, 6.07) is 8.05. The Balaban J connectivity index is 1.97. The molecule has 1 aromatic carbocycles. The Labute approximate surface area is 132 Å². The van der Waals surface area contributed by atoms with E-state index in [1.165, 1.54) is 4.88 Å². The molecule has 102 valence electrons. The summed E-state index contributed by atoms with van der Waals surface area (Å²) in [4.78, 5) is 1.36. The molecule has 0 radical (unpaired) electrons. The van der Waals surface area contributed by atoms with E-state index >= 15 is 0 Å². The van der Waals surface area contributed by atoms with Crippen molar-refractivity contribution in [3.8, 4) is 0 Å². The molecule has 0 aliphatic heterocycles. The monoisotopic (exact) mass is 333 g/mol. The minimum Gasteiger partial charge on any atom is -0.310 e. The highest BCUT2D eigenvalue weighted by atomic mass is 35.5. The van der Waals surface area contributed by atoms with Crippen LogP contribution in [0.1, 0.15) is 17.4 Å². The summed E-state index contributed by atoms with van der Waals surface area (Å²) in [6.45, 7) is 2.76. The van der Waals surface area contributed by atoms with Crippen LogP contribution in [-0.2, 0) is 13.0 Å². The number of hydrogen-bond donors (Lipinski definition) is 1. The lowest BCUT2D eigenvalue weighted by molar-refractivity contribution is 0.549. The number of thiophene rings is 1. The van der Waals surface area contributed by atoms with Crippen LogP contribution in [0.4, 0.5) is 0 Å². The van der Waals surface area contributed by atoms with Crippen LogP contribution >= 0.6 is 46.1 Å². The fourth-order valence-electron chi connectivity index (χ4n) is 1.81. The molecular weight excluding hydrogens is 321 g/mol. The SMILES string of the molecule is CC(Cc1cccs1)NCc1c(Cl)ccc(Cl)c1Cl. The molecule has 1 atom stereocenters. The molecule has 5 heteroatoms. The van der Waals surface area contributed by atoms with Crippen molar-refractivity contribution in [2.75, 3.05) is 0 Å². The third-order valence-electron chi connectivity index (χ3n) is 2.85. The summed E-state index contributed by atoms with van der Waals surface area (Å²) in [7, 11) is 0. The summed E-state index contributed by atoms with van der Waals surface area (Å²) in [6.07, 6.45) is 0.994. The van der Waals surface area contributed by atoms with Gasteiger partial charge < -0.3 is 5.32 Å². The number of rotatable bonds is 5. The standard InChI is InChI=1S/C14H14Cl3NS/c1-9(7-10-3-2-6-19-10)18-8-11-12(15)4-5-13(16)14(11)17/h2-6,9,18H,7-8H2,1H3. The topological polar surface area (TPSA) is 12.0 Å². The minimum absolute atomic E-state index is 0.352. The molecule has 0 saturated heterocycles. The zero-order valence-electron chi connectivity index (χ0n) is 10.4. The first kappa shape index (κ1) is 15.1. The van der Waals surface area contributed by atoms with Crippen LogP contribution in [0, 0.1) is 0 Å². The highest BCUT2D eigenvalue weighted by Crippen LogP contribution is 2.31. The second-order valence-electron chi connectivity index (χ2n) is 4.39. The summed E-state index contributed by atoms with van der Waals surface area (Å²) >= 11 is 20.1. The highest BCUT2D eigenvalue weighted by molar-refractivity contribution is 7.09. The Bertz CT molecular complexity index is 540. The van der Waals surface area contributed by atoms with E-state index < -0.39 is 0 Å². The van der Waals surface area contributed by atoms with E-state index in [2.05, 4.69) is 29.8 Å². The molecule has 0 aliphatic carbocycles. The quantitative estimate of drug-likeness (QED) is 0.719. The molecule has 0 fully saturated rings. The summed E-state index contributed by atoms with van der Waals surface area (Å²) in [5, 5.41) is 7.23. The lowest BCUT2D eigenvalue weighted by atomic mass is 10.1. The van der Waals surface area contributed by atoms with Gasteiger partial charge in [-0.15, -0.1) is 11.3 Å². The molecule has 1 nitrogen and oxygen atoms in total. The lowest BCUT2D eigenvalue weighted by Crippen LogP contribution is -2.27. The maximum atomic E-state index is 6.17. The van der Waals surface area contributed by atoms with Crippen LogP contribution in [0.3, 0.4) is 0 Å². The number of hydrogen-bond acceptors (Lipinski definition) is 2. The van der Waals surface area contributed by atoms with E-state index in [1.807, 2.05) is 0 Å². The molecule has 0 bridgehead atoms. The van der Waals surface area contributed by atoms with E-state index in [0.717, 1.165) is 12.0 Å². The zero-order chi connectivity index (χ0) is 13.8. The first-order valence-corrected chi connectivity index (χ1v) is 7.97. The van der Waals surface area contributed by atoms with Crippen LogP contribution in [0.2, 0.25) is 15.1 Å². The normalized spacial score (nSPS) is 12.6. The van der Waals surface area contributed by atoms with E-state index in [9.17, 15) is 0 Å². The largest absolute Gasteiger partial charge is 0.310 e. The maximum absolute atomic E-state index is 6.17. The Hall–Kier alpha value is -0.250. The van der Waals surface area contributed by atoms with Crippen molar-refractivity contribution in [3.05, 3.63) is 55.2 Å². The van der Waals surface area contributed by atoms with Gasteiger partial charge in [-0.2, -0.15) is 0 Å². The molecular formula is C14H14Cl3NS. The van der Waals surface area contributed by atoms with Gasteiger partial charge in [0, 0.05) is 28.0 Å². The van der Waals surface area contributed by atoms with Crippen molar-refractivity contribution in [1.82, 2.24) is 5.32 Å². The van der Waals surface area contributed by atoms with Crippen LogP contribution in [0.25, 0.3) is 0 Å². The lowest BCUT2D eigenvalue weighted by Gasteiger charge is -2.15. The molecule has 0 spiro atoms. The van der Waals surface area contributed by atoms with E-state index in [1.54, 1.807) is 23.5 Å². The molecule has 2 aromatic rings. The van der Waals surface area contributed by atoms with Crippen LogP contribution in [-0.4, -0.2) is 6.04 Å². The molecule has 2 rings (SSSR count). The number of nitrogens with one attached hydrogen (secondary N) is 1. The van der Waals surface area contributed by atoms with Crippen molar-refractivity contribution < 1.29 is 0 Å². The van der Waals surface area contributed by atoms with E-state index in [-0.39, 0.29) is 0 Å². The second kappa shape index (κ2) is 6.96. The van der Waals surface area contributed by atoms with Crippen LogP contribution in [0.15, 0.2) is 29.6 Å². The molecule has 0 aliphatic rings. The van der Waals surface area contributed by atoms with Gasteiger partial charge in [-0.3, -0.25) is 0 Å². The van der Waals surface area contributed by atoms with Crippen molar-refractivity contribution in [3.63, 3.8) is 0 Å². The average molecular weight is 335 g/mol. The second-order valence-corrected chi connectivity index (χ2v) is 6.61. The number of halogens is 3. The fraction of sp³-hybridized carbons (Fsp3) is 0.286. The fourth-order valence-corrected chi connectivity index (χ4v) is 3.33. The Morgan fingerprint density at radius 3 is 2.58 bits per heavy atom. The van der Waals surface area contributed by atoms with Gasteiger partial charge in [0.15, 0.2) is 0 Å². The predicted molar refractivity (Wildman–Crippen MR) is 85.8 cm³/mol. The third kappa shape index (κ3) is 4.11. The van der Waals surface area contributed by atoms with Crippen molar-refractivity contribution >= 4 is 46.1 Å². The van der Waals surface area contributed by atoms with Crippen molar-refractivity contribution in [1.29, 1.82) is 0 Å². The Morgan fingerprint density at radius 1 is 1.16 bits per heavy atom. The Kier molecular flexibility index (Phi) is 5.55. The molecule has 0 saturated carbocycles. The zero-order valence-corrected chi connectivity index (χ0v) is 13.5. The van der Waals surface area contributed by atoms with Crippen LogP contribution < -0.4 is 5.32 Å². The molecule has 0 amide bonds. The maximum Gasteiger partial charge on any atom is 0.0652 e. The highest BCUT2D eigenvalue weighted by Gasteiger charge is 2.11. The van der Waals surface area contributed by atoms with E-state index in [0.29, 0.717) is 27.7 Å².